The molecule has 4 nitrogen and oxygen atoms in total. The van der Waals surface area contributed by atoms with Gasteiger partial charge in [0.25, 0.3) is 0 Å². The molecule has 19 heavy (non-hydrogen) atoms. The number of hydrogen-bond acceptors (Lipinski definition) is 3. The van der Waals surface area contributed by atoms with Gasteiger partial charge >= 0.3 is 0 Å². The molecular weight excluding hydrogens is 240 g/mol. The highest BCUT2D eigenvalue weighted by atomic mass is 16.5. The summed E-state index contributed by atoms with van der Waals surface area (Å²) in [5, 5.41) is 3.19. The van der Waals surface area contributed by atoms with Crippen LogP contribution in [0.15, 0.2) is 0 Å². The van der Waals surface area contributed by atoms with Crippen LogP contribution in [0.2, 0.25) is 0 Å². The van der Waals surface area contributed by atoms with Crippen LogP contribution in [0.25, 0.3) is 0 Å². The summed E-state index contributed by atoms with van der Waals surface area (Å²) in [6.07, 6.45) is 7.60. The van der Waals surface area contributed by atoms with Crippen LogP contribution in [0.5, 0.6) is 0 Å². The number of ether oxygens (including phenoxy) is 1. The van der Waals surface area contributed by atoms with E-state index in [4.69, 9.17) is 10.5 Å². The van der Waals surface area contributed by atoms with E-state index in [1.165, 1.54) is 19.3 Å². The summed E-state index contributed by atoms with van der Waals surface area (Å²) in [4.78, 5) is 12.5. The summed E-state index contributed by atoms with van der Waals surface area (Å²) in [6, 6.07) is 0.192. The largest absolute Gasteiger partial charge is 0.376 e. The molecule has 2 aliphatic carbocycles. The molecule has 4 atom stereocenters. The Hall–Kier alpha value is -0.610. The summed E-state index contributed by atoms with van der Waals surface area (Å²) in [6.45, 7) is 2.97. The first-order valence-corrected chi connectivity index (χ1v) is 7.80. The van der Waals surface area contributed by atoms with Crippen LogP contribution in [-0.4, -0.2) is 30.2 Å². The maximum Gasteiger partial charge on any atom is 0.240 e. The number of nitrogens with two attached hydrogens (primary N) is 1. The first-order chi connectivity index (χ1) is 9.08. The van der Waals surface area contributed by atoms with Gasteiger partial charge in [-0.25, -0.2) is 0 Å². The van der Waals surface area contributed by atoms with Gasteiger partial charge in [-0.15, -0.1) is 0 Å². The molecule has 0 radical (unpaired) electrons. The number of rotatable bonds is 3. The Morgan fingerprint density at radius 3 is 2.79 bits per heavy atom. The number of nitrogens with one attached hydrogen (secondary N) is 1. The zero-order chi connectivity index (χ0) is 13.5. The molecular formula is C15H26N2O2. The summed E-state index contributed by atoms with van der Waals surface area (Å²) >= 11 is 0. The van der Waals surface area contributed by atoms with E-state index in [0.717, 1.165) is 32.3 Å². The fourth-order valence-corrected chi connectivity index (χ4v) is 3.77. The maximum atomic E-state index is 12.5. The predicted octanol–water partition coefficient (Wildman–Crippen LogP) is 1.58. The molecule has 1 amide bonds. The van der Waals surface area contributed by atoms with Gasteiger partial charge < -0.3 is 15.8 Å². The Kier molecular flexibility index (Phi) is 3.56. The van der Waals surface area contributed by atoms with E-state index in [-0.39, 0.29) is 18.1 Å². The zero-order valence-corrected chi connectivity index (χ0v) is 11.9. The quantitative estimate of drug-likeness (QED) is 0.815. The van der Waals surface area contributed by atoms with Crippen molar-refractivity contribution in [2.45, 2.75) is 69.6 Å². The Morgan fingerprint density at radius 1 is 1.32 bits per heavy atom. The van der Waals surface area contributed by atoms with Crippen molar-refractivity contribution in [3.05, 3.63) is 0 Å². The Balaban J connectivity index is 1.60. The normalized spacial score (nSPS) is 43.2. The lowest BCUT2D eigenvalue weighted by molar-refractivity contribution is -0.129. The van der Waals surface area contributed by atoms with Crippen LogP contribution in [0.3, 0.4) is 0 Å². The molecule has 0 spiro atoms. The second-order valence-electron chi connectivity index (χ2n) is 6.90. The minimum Gasteiger partial charge on any atom is -0.376 e. The van der Waals surface area contributed by atoms with E-state index < -0.39 is 5.54 Å². The van der Waals surface area contributed by atoms with Gasteiger partial charge in [0.05, 0.1) is 17.7 Å². The van der Waals surface area contributed by atoms with Crippen LogP contribution in [0, 0.1) is 11.8 Å². The van der Waals surface area contributed by atoms with Crippen LogP contribution in [0.1, 0.15) is 51.9 Å². The molecule has 108 valence electrons. The molecule has 0 aromatic carbocycles. The molecule has 1 aliphatic heterocycles. The number of carbonyl (C=O) groups is 1. The van der Waals surface area contributed by atoms with Crippen molar-refractivity contribution in [1.82, 2.24) is 5.32 Å². The van der Waals surface area contributed by atoms with Gasteiger partial charge in [0.2, 0.25) is 5.91 Å². The molecule has 0 aromatic rings. The lowest BCUT2D eigenvalue weighted by atomic mass is 9.76. The monoisotopic (exact) mass is 266 g/mol. The van der Waals surface area contributed by atoms with Gasteiger partial charge in [0.15, 0.2) is 0 Å². The van der Waals surface area contributed by atoms with Gasteiger partial charge in [0, 0.05) is 6.61 Å². The van der Waals surface area contributed by atoms with E-state index in [1.54, 1.807) is 0 Å². The van der Waals surface area contributed by atoms with Crippen LogP contribution >= 0.6 is 0 Å². The topological polar surface area (TPSA) is 64.4 Å². The van der Waals surface area contributed by atoms with Crippen LogP contribution < -0.4 is 11.1 Å². The van der Waals surface area contributed by atoms with Gasteiger partial charge in [-0.3, -0.25) is 4.79 Å². The molecule has 1 saturated heterocycles. The van der Waals surface area contributed by atoms with Crippen molar-refractivity contribution >= 4 is 5.91 Å². The van der Waals surface area contributed by atoms with Crippen molar-refractivity contribution in [1.29, 1.82) is 0 Å². The smallest absolute Gasteiger partial charge is 0.240 e. The maximum absolute atomic E-state index is 12.5. The second-order valence-corrected chi connectivity index (χ2v) is 6.90. The first kappa shape index (κ1) is 13.4. The van der Waals surface area contributed by atoms with Crippen LogP contribution in [0.4, 0.5) is 0 Å². The van der Waals surface area contributed by atoms with E-state index in [2.05, 4.69) is 12.2 Å². The van der Waals surface area contributed by atoms with E-state index in [9.17, 15) is 4.79 Å². The average Bonchev–Trinajstić information content (AvgIpc) is 3.10. The number of amides is 1. The number of hydrogen-bond donors (Lipinski definition) is 2. The van der Waals surface area contributed by atoms with E-state index >= 15 is 0 Å². The van der Waals surface area contributed by atoms with Gasteiger partial charge in [-0.2, -0.15) is 0 Å². The Morgan fingerprint density at radius 2 is 2.11 bits per heavy atom. The molecule has 3 aliphatic rings. The summed E-state index contributed by atoms with van der Waals surface area (Å²) in [5.41, 5.74) is 5.71. The van der Waals surface area contributed by atoms with Crippen molar-refractivity contribution in [3.63, 3.8) is 0 Å². The van der Waals surface area contributed by atoms with E-state index in [0.29, 0.717) is 11.8 Å². The van der Waals surface area contributed by atoms with Crippen molar-refractivity contribution in [2.24, 2.45) is 17.6 Å². The molecule has 2 saturated carbocycles. The zero-order valence-electron chi connectivity index (χ0n) is 11.9. The highest BCUT2D eigenvalue weighted by molar-refractivity contribution is 5.86. The predicted molar refractivity (Wildman–Crippen MR) is 73.6 cm³/mol. The molecule has 3 fully saturated rings. The van der Waals surface area contributed by atoms with Crippen molar-refractivity contribution in [2.75, 3.05) is 6.61 Å². The molecule has 4 unspecified atom stereocenters. The fraction of sp³-hybridized carbons (Fsp3) is 0.933. The van der Waals surface area contributed by atoms with E-state index in [1.807, 2.05) is 0 Å². The lowest BCUT2D eigenvalue weighted by Gasteiger charge is -2.36. The minimum atomic E-state index is -0.644. The third-order valence-electron chi connectivity index (χ3n) is 5.02. The highest BCUT2D eigenvalue weighted by Gasteiger charge is 2.44. The molecule has 4 heteroatoms. The summed E-state index contributed by atoms with van der Waals surface area (Å²) < 4.78 is 5.78. The first-order valence-electron chi connectivity index (χ1n) is 7.80. The average molecular weight is 266 g/mol. The third-order valence-corrected chi connectivity index (χ3v) is 5.02. The second kappa shape index (κ2) is 5.06. The summed E-state index contributed by atoms with van der Waals surface area (Å²) in [5.74, 6) is 1.29. The van der Waals surface area contributed by atoms with Crippen molar-refractivity contribution in [3.8, 4) is 0 Å². The number of carbonyl (C=O) groups excluding carboxylic acids is 1. The Bertz CT molecular complexity index is 356. The third kappa shape index (κ3) is 2.79. The van der Waals surface area contributed by atoms with Gasteiger partial charge in [-0.1, -0.05) is 19.8 Å². The highest BCUT2D eigenvalue weighted by Crippen LogP contribution is 2.39. The Labute approximate surface area is 115 Å². The van der Waals surface area contributed by atoms with Crippen molar-refractivity contribution < 1.29 is 9.53 Å². The molecule has 3 N–H and O–H groups in total. The summed E-state index contributed by atoms with van der Waals surface area (Å²) in [7, 11) is 0. The SMILES string of the molecule is CC1CCCC(N)(C(=O)NC2CCOC2C2CC2)C1. The molecule has 0 bridgehead atoms. The standard InChI is InChI=1S/C15H26N2O2/c1-10-3-2-7-15(16,9-10)14(18)17-12-6-8-19-13(12)11-4-5-11/h10-13H,2-9,16H2,1H3,(H,17,18). The minimum absolute atomic E-state index is 0.0557. The van der Waals surface area contributed by atoms with Gasteiger partial charge in [-0.05, 0) is 43.9 Å². The van der Waals surface area contributed by atoms with Crippen LogP contribution in [-0.2, 0) is 9.53 Å². The molecule has 0 aromatic heterocycles. The van der Waals surface area contributed by atoms with Gasteiger partial charge in [0.1, 0.15) is 0 Å². The molecule has 3 rings (SSSR count). The molecule has 1 heterocycles. The lowest BCUT2D eigenvalue weighted by Crippen LogP contribution is -2.59. The fourth-order valence-electron chi connectivity index (χ4n) is 3.77.